The summed E-state index contributed by atoms with van der Waals surface area (Å²) in [6.07, 6.45) is 4.47. The van der Waals surface area contributed by atoms with E-state index in [-0.39, 0.29) is 18.1 Å². The first-order valence-electron chi connectivity index (χ1n) is 8.06. The summed E-state index contributed by atoms with van der Waals surface area (Å²) in [5.41, 5.74) is 0.854. The maximum Gasteiger partial charge on any atom is 0.339 e. The number of nitrogens with one attached hydrogen (secondary N) is 1. The highest BCUT2D eigenvalue weighted by Gasteiger charge is 2.39. The molecule has 6 nitrogen and oxygen atoms in total. The molecule has 1 N–H and O–H groups in total. The quantitative estimate of drug-likeness (QED) is 0.810. The Hall–Kier alpha value is -1.41. The summed E-state index contributed by atoms with van der Waals surface area (Å²) < 4.78 is 28.2. The fourth-order valence-electron chi connectivity index (χ4n) is 3.36. The van der Waals surface area contributed by atoms with Crippen molar-refractivity contribution in [3.63, 3.8) is 0 Å². The molecule has 2 heterocycles. The molecule has 0 spiro atoms. The van der Waals surface area contributed by atoms with Crippen LogP contribution in [0.3, 0.4) is 0 Å². The number of thiophene rings is 1. The van der Waals surface area contributed by atoms with E-state index in [1.54, 1.807) is 23.6 Å². The molecule has 1 amide bonds. The van der Waals surface area contributed by atoms with Crippen LogP contribution in [-0.4, -0.2) is 43.9 Å². The number of aryl methyl sites for hydroxylation is 1. The molecule has 1 fully saturated rings. The minimum Gasteiger partial charge on any atom is -0.452 e. The van der Waals surface area contributed by atoms with Crippen LogP contribution in [-0.2, 0) is 32.2 Å². The SMILES string of the molecule is C[C@]1(NC(=O)COC(=O)c2csc3c2CCCC3)CCS(=O)(=O)C1. The van der Waals surface area contributed by atoms with Crippen molar-refractivity contribution in [3.05, 3.63) is 21.4 Å². The lowest BCUT2D eigenvalue weighted by atomic mass is 9.96. The van der Waals surface area contributed by atoms with E-state index in [1.807, 2.05) is 0 Å². The maximum atomic E-state index is 12.2. The number of esters is 1. The number of hydrogen-bond acceptors (Lipinski definition) is 6. The lowest BCUT2D eigenvalue weighted by Gasteiger charge is -2.23. The average Bonchev–Trinajstić information content (AvgIpc) is 3.05. The van der Waals surface area contributed by atoms with Gasteiger partial charge in [-0.15, -0.1) is 11.3 Å². The molecule has 24 heavy (non-hydrogen) atoms. The predicted molar refractivity (Wildman–Crippen MR) is 91.1 cm³/mol. The third-order valence-electron chi connectivity index (χ3n) is 4.56. The average molecular weight is 371 g/mol. The third kappa shape index (κ3) is 3.80. The van der Waals surface area contributed by atoms with Gasteiger partial charge in [0.1, 0.15) is 0 Å². The Labute approximate surface area is 145 Å². The largest absolute Gasteiger partial charge is 0.452 e. The number of rotatable bonds is 4. The van der Waals surface area contributed by atoms with Crippen LogP contribution in [0.15, 0.2) is 5.38 Å². The van der Waals surface area contributed by atoms with E-state index in [2.05, 4.69) is 5.32 Å². The second-order valence-corrected chi connectivity index (χ2v) is 9.93. The standard InChI is InChI=1S/C16H21NO5S2/c1-16(6-7-24(20,21)10-16)17-14(18)8-22-15(19)12-9-23-13-5-3-2-4-11(12)13/h9H,2-8,10H2,1H3,(H,17,18)/t16-/m0/s1. The first-order chi connectivity index (χ1) is 11.3. The first kappa shape index (κ1) is 17.4. The fraction of sp³-hybridized carbons (Fsp3) is 0.625. The highest BCUT2D eigenvalue weighted by atomic mass is 32.2. The Morgan fingerprint density at radius 1 is 1.33 bits per heavy atom. The predicted octanol–water partition coefficient (Wildman–Crippen LogP) is 1.48. The monoisotopic (exact) mass is 371 g/mol. The molecular weight excluding hydrogens is 350 g/mol. The maximum absolute atomic E-state index is 12.2. The van der Waals surface area contributed by atoms with E-state index in [0.29, 0.717) is 12.0 Å². The summed E-state index contributed by atoms with van der Waals surface area (Å²) in [7, 11) is -3.10. The number of carbonyl (C=O) groups is 2. The van der Waals surface area contributed by atoms with Gasteiger partial charge in [-0.05, 0) is 44.6 Å². The Morgan fingerprint density at radius 3 is 2.79 bits per heavy atom. The second kappa shape index (κ2) is 6.48. The van der Waals surface area contributed by atoms with Gasteiger partial charge in [-0.3, -0.25) is 4.79 Å². The molecule has 1 aromatic heterocycles. The van der Waals surface area contributed by atoms with E-state index in [4.69, 9.17) is 4.74 Å². The molecule has 0 bridgehead atoms. The van der Waals surface area contributed by atoms with Crippen LogP contribution in [0, 0.1) is 0 Å². The van der Waals surface area contributed by atoms with Gasteiger partial charge in [-0.1, -0.05) is 0 Å². The minimum absolute atomic E-state index is 0.0717. The van der Waals surface area contributed by atoms with Gasteiger partial charge in [0.15, 0.2) is 16.4 Å². The molecular formula is C16H21NO5S2. The highest BCUT2D eigenvalue weighted by Crippen LogP contribution is 2.30. The first-order valence-corrected chi connectivity index (χ1v) is 10.8. The van der Waals surface area contributed by atoms with Crippen LogP contribution >= 0.6 is 11.3 Å². The Kier molecular flexibility index (Phi) is 4.70. The number of hydrogen-bond donors (Lipinski definition) is 1. The minimum atomic E-state index is -3.10. The van der Waals surface area contributed by atoms with Crippen molar-refractivity contribution in [2.45, 2.75) is 44.6 Å². The summed E-state index contributed by atoms with van der Waals surface area (Å²) in [6.45, 7) is 1.31. The van der Waals surface area contributed by atoms with Gasteiger partial charge in [-0.25, -0.2) is 13.2 Å². The molecule has 0 radical (unpaired) electrons. The van der Waals surface area contributed by atoms with E-state index < -0.39 is 27.3 Å². The van der Waals surface area contributed by atoms with Crippen molar-refractivity contribution in [2.75, 3.05) is 18.1 Å². The lowest BCUT2D eigenvalue weighted by molar-refractivity contribution is -0.125. The second-order valence-electron chi connectivity index (χ2n) is 6.79. The van der Waals surface area contributed by atoms with Gasteiger partial charge < -0.3 is 10.1 Å². The smallest absolute Gasteiger partial charge is 0.339 e. The zero-order chi connectivity index (χ0) is 17.4. The molecule has 1 saturated heterocycles. The van der Waals surface area contributed by atoms with Crippen molar-refractivity contribution in [1.29, 1.82) is 0 Å². The number of carbonyl (C=O) groups excluding carboxylic acids is 2. The molecule has 1 aliphatic carbocycles. The van der Waals surface area contributed by atoms with Crippen molar-refractivity contribution in [1.82, 2.24) is 5.32 Å². The normalized spacial score (nSPS) is 25.0. The highest BCUT2D eigenvalue weighted by molar-refractivity contribution is 7.91. The number of sulfone groups is 1. The summed E-state index contributed by atoms with van der Waals surface area (Å²) in [6, 6.07) is 0. The number of ether oxygens (including phenoxy) is 1. The van der Waals surface area contributed by atoms with E-state index in [1.165, 1.54) is 4.88 Å². The van der Waals surface area contributed by atoms with Crippen molar-refractivity contribution >= 4 is 33.1 Å². The van der Waals surface area contributed by atoms with Crippen LogP contribution in [0.1, 0.15) is 47.0 Å². The number of amides is 1. The van der Waals surface area contributed by atoms with Gasteiger partial charge >= 0.3 is 5.97 Å². The molecule has 3 rings (SSSR count). The molecule has 1 aliphatic heterocycles. The van der Waals surface area contributed by atoms with Crippen LogP contribution in [0.25, 0.3) is 0 Å². The zero-order valence-corrected chi connectivity index (χ0v) is 15.2. The van der Waals surface area contributed by atoms with E-state index in [9.17, 15) is 18.0 Å². The van der Waals surface area contributed by atoms with Gasteiger partial charge in [-0.2, -0.15) is 0 Å². The Balaban J connectivity index is 1.55. The Morgan fingerprint density at radius 2 is 2.08 bits per heavy atom. The van der Waals surface area contributed by atoms with Crippen LogP contribution in [0.2, 0.25) is 0 Å². The van der Waals surface area contributed by atoms with Gasteiger partial charge in [0.05, 0.1) is 22.6 Å². The summed E-state index contributed by atoms with van der Waals surface area (Å²) in [5, 5.41) is 4.49. The van der Waals surface area contributed by atoms with Crippen molar-refractivity contribution in [3.8, 4) is 0 Å². The summed E-state index contributed by atoms with van der Waals surface area (Å²) in [5.74, 6) is -0.941. The van der Waals surface area contributed by atoms with Crippen LogP contribution in [0.4, 0.5) is 0 Å². The van der Waals surface area contributed by atoms with Crippen LogP contribution in [0.5, 0.6) is 0 Å². The van der Waals surface area contributed by atoms with Crippen LogP contribution < -0.4 is 5.32 Å². The fourth-order valence-corrected chi connectivity index (χ4v) is 6.56. The van der Waals surface area contributed by atoms with Gasteiger partial charge in [0.25, 0.3) is 5.91 Å². The van der Waals surface area contributed by atoms with E-state index >= 15 is 0 Å². The van der Waals surface area contributed by atoms with Crippen molar-refractivity contribution in [2.24, 2.45) is 0 Å². The molecule has 0 aromatic carbocycles. The van der Waals surface area contributed by atoms with Gasteiger partial charge in [0.2, 0.25) is 0 Å². The topological polar surface area (TPSA) is 89.5 Å². The molecule has 8 heteroatoms. The molecule has 1 aromatic rings. The third-order valence-corrected chi connectivity index (χ3v) is 7.55. The Bertz CT molecular complexity index is 767. The molecule has 0 unspecified atom stereocenters. The van der Waals surface area contributed by atoms with Gasteiger partial charge in [0, 0.05) is 10.3 Å². The summed E-state index contributed by atoms with van der Waals surface area (Å²) in [4.78, 5) is 25.4. The molecule has 2 aliphatic rings. The molecule has 132 valence electrons. The zero-order valence-electron chi connectivity index (χ0n) is 13.6. The lowest BCUT2D eigenvalue weighted by Crippen LogP contribution is -2.48. The number of fused-ring (bicyclic) bond motifs is 1. The molecule has 0 saturated carbocycles. The summed E-state index contributed by atoms with van der Waals surface area (Å²) >= 11 is 1.57. The molecule has 1 atom stereocenters. The van der Waals surface area contributed by atoms with Crippen molar-refractivity contribution < 1.29 is 22.7 Å². The van der Waals surface area contributed by atoms with E-state index in [0.717, 1.165) is 31.2 Å².